The molecule has 5 N–H and O–H groups in total. The van der Waals surface area contributed by atoms with Crippen LogP contribution in [0.2, 0.25) is 0 Å². The Bertz CT molecular complexity index is 1340. The van der Waals surface area contributed by atoms with E-state index in [1.54, 1.807) is 12.1 Å². The second-order valence-corrected chi connectivity index (χ2v) is 11.2. The fourth-order valence-corrected chi connectivity index (χ4v) is 5.53. The van der Waals surface area contributed by atoms with Crippen LogP contribution in [0.15, 0.2) is 36.4 Å². The molecular formula is C31H39FN2O10. The summed E-state index contributed by atoms with van der Waals surface area (Å²) < 4.78 is 25.3. The lowest BCUT2D eigenvalue weighted by molar-refractivity contribution is -0.170. The van der Waals surface area contributed by atoms with E-state index in [1.165, 1.54) is 24.6 Å². The van der Waals surface area contributed by atoms with E-state index in [9.17, 15) is 23.6 Å². The molecule has 0 radical (unpaired) electrons. The quantitative estimate of drug-likeness (QED) is 0.250. The lowest BCUT2D eigenvalue weighted by Crippen LogP contribution is -2.52. The molecule has 0 aromatic heterocycles. The fraction of sp³-hybridized carbons (Fsp3) is 0.484. The number of rotatable bonds is 11. The smallest absolute Gasteiger partial charge is 0.336 e. The van der Waals surface area contributed by atoms with Crippen molar-refractivity contribution in [3.8, 4) is 11.5 Å². The van der Waals surface area contributed by atoms with Crippen molar-refractivity contribution in [1.29, 1.82) is 0 Å². The van der Waals surface area contributed by atoms with E-state index in [0.717, 1.165) is 61.5 Å². The molecule has 1 atom stereocenters. The number of aliphatic carboxylic acids is 3. The lowest BCUT2D eigenvalue weighted by Gasteiger charge is -2.43. The summed E-state index contributed by atoms with van der Waals surface area (Å²) in [7, 11) is 0. The summed E-state index contributed by atoms with van der Waals surface area (Å²) in [4.78, 5) is 44.8. The maximum Gasteiger partial charge on any atom is 0.336 e. The monoisotopic (exact) mass is 618 g/mol. The molecule has 1 fully saturated rings. The third-order valence-electron chi connectivity index (χ3n) is 7.58. The molecule has 12 nitrogen and oxygen atoms in total. The van der Waals surface area contributed by atoms with Crippen molar-refractivity contribution in [3.63, 3.8) is 0 Å². The maximum atomic E-state index is 13.4. The van der Waals surface area contributed by atoms with Gasteiger partial charge in [-0.3, -0.25) is 19.3 Å². The van der Waals surface area contributed by atoms with Gasteiger partial charge in [-0.05, 0) is 56.5 Å². The SMILES string of the molecule is CCOc1cc2c(cc1CN1CCC(NC(C)=O)(c3ccc(F)cc3)CC1)OC(C)C2.O=C(O)CC(O)(CC(=O)O)C(=O)O. The van der Waals surface area contributed by atoms with Crippen LogP contribution < -0.4 is 14.8 Å². The number of likely N-dealkylation sites (tertiary alicyclic amines) is 1. The molecule has 1 unspecified atom stereocenters. The zero-order chi connectivity index (χ0) is 32.7. The van der Waals surface area contributed by atoms with Crippen LogP contribution in [0.5, 0.6) is 11.5 Å². The summed E-state index contributed by atoms with van der Waals surface area (Å²) in [5.74, 6) is -3.47. The van der Waals surface area contributed by atoms with E-state index < -0.39 is 41.9 Å². The first-order valence-electron chi connectivity index (χ1n) is 14.3. The Labute approximate surface area is 254 Å². The third-order valence-corrected chi connectivity index (χ3v) is 7.58. The Morgan fingerprint density at radius 2 is 1.66 bits per heavy atom. The van der Waals surface area contributed by atoms with Crippen LogP contribution in [0.25, 0.3) is 0 Å². The van der Waals surface area contributed by atoms with Crippen molar-refractivity contribution in [2.75, 3.05) is 19.7 Å². The van der Waals surface area contributed by atoms with Gasteiger partial charge in [0.15, 0.2) is 5.60 Å². The first kappa shape index (κ1) is 34.3. The highest BCUT2D eigenvalue weighted by Gasteiger charge is 2.41. The van der Waals surface area contributed by atoms with E-state index >= 15 is 0 Å². The highest BCUT2D eigenvalue weighted by atomic mass is 19.1. The van der Waals surface area contributed by atoms with Gasteiger partial charge >= 0.3 is 17.9 Å². The molecule has 1 saturated heterocycles. The molecule has 1 amide bonds. The first-order chi connectivity index (χ1) is 20.7. The van der Waals surface area contributed by atoms with E-state index in [0.29, 0.717) is 6.61 Å². The van der Waals surface area contributed by atoms with Gasteiger partial charge in [-0.15, -0.1) is 0 Å². The average Bonchev–Trinajstić information content (AvgIpc) is 3.28. The van der Waals surface area contributed by atoms with Gasteiger partial charge in [0.2, 0.25) is 5.91 Å². The number of hydrogen-bond donors (Lipinski definition) is 5. The van der Waals surface area contributed by atoms with Crippen molar-refractivity contribution < 1.29 is 53.5 Å². The molecule has 2 aromatic carbocycles. The van der Waals surface area contributed by atoms with Gasteiger partial charge in [0.1, 0.15) is 23.4 Å². The van der Waals surface area contributed by atoms with Crippen molar-refractivity contribution in [3.05, 3.63) is 58.9 Å². The number of piperidine rings is 1. The Kier molecular flexibility index (Phi) is 11.3. The summed E-state index contributed by atoms with van der Waals surface area (Å²) in [5.41, 5.74) is 0.0916. The van der Waals surface area contributed by atoms with Crippen molar-refractivity contribution >= 4 is 23.8 Å². The van der Waals surface area contributed by atoms with Gasteiger partial charge in [0, 0.05) is 44.1 Å². The van der Waals surface area contributed by atoms with Gasteiger partial charge in [-0.1, -0.05) is 12.1 Å². The minimum atomic E-state index is -2.74. The maximum absolute atomic E-state index is 13.4. The van der Waals surface area contributed by atoms with Gasteiger partial charge in [0.05, 0.1) is 25.0 Å². The molecule has 0 bridgehead atoms. The minimum Gasteiger partial charge on any atom is -0.494 e. The highest BCUT2D eigenvalue weighted by molar-refractivity contribution is 5.88. The number of carboxylic acid groups (broad SMARTS) is 3. The standard InChI is InChI=1S/C25H31FN2O3.C6H8O7/c1-4-30-23-14-19-13-17(2)31-24(19)15-20(23)16-28-11-9-25(10-12-28,27-18(3)29)21-5-7-22(26)8-6-21;7-3(8)1-6(13,5(11)12)2-4(9)10/h5-8,14-15,17H,4,9-13,16H2,1-3H3,(H,27,29);13H,1-2H2,(H,7,8)(H,9,10)(H,11,12). The number of benzene rings is 2. The molecule has 4 rings (SSSR count). The Morgan fingerprint density at radius 3 is 2.16 bits per heavy atom. The molecule has 44 heavy (non-hydrogen) atoms. The van der Waals surface area contributed by atoms with Crippen LogP contribution in [0, 0.1) is 5.82 Å². The number of halogens is 1. The molecule has 2 aromatic rings. The number of ether oxygens (including phenoxy) is 2. The average molecular weight is 619 g/mol. The summed E-state index contributed by atoms with van der Waals surface area (Å²) in [6.07, 6.45) is 0.352. The summed E-state index contributed by atoms with van der Waals surface area (Å²) in [5, 5.41) is 37.0. The topological polar surface area (TPSA) is 183 Å². The first-order valence-corrected chi connectivity index (χ1v) is 14.3. The second kappa shape index (κ2) is 14.5. The zero-order valence-electron chi connectivity index (χ0n) is 25.0. The number of nitrogens with zero attached hydrogens (tertiary/aromatic N) is 1. The van der Waals surface area contributed by atoms with Gasteiger partial charge in [0.25, 0.3) is 0 Å². The normalized spacial score (nSPS) is 17.3. The lowest BCUT2D eigenvalue weighted by atomic mass is 9.80. The molecule has 2 heterocycles. The number of hydrogen-bond acceptors (Lipinski definition) is 8. The van der Waals surface area contributed by atoms with Crippen molar-refractivity contribution in [2.45, 2.75) is 76.7 Å². The number of aliphatic hydroxyl groups is 1. The summed E-state index contributed by atoms with van der Waals surface area (Å²) in [6, 6.07) is 10.7. The molecule has 0 saturated carbocycles. The van der Waals surface area contributed by atoms with E-state index in [-0.39, 0.29) is 17.8 Å². The minimum absolute atomic E-state index is 0.0682. The van der Waals surface area contributed by atoms with Crippen molar-refractivity contribution in [1.82, 2.24) is 10.2 Å². The highest BCUT2D eigenvalue weighted by Crippen LogP contribution is 2.38. The second-order valence-electron chi connectivity index (χ2n) is 11.2. The summed E-state index contributed by atoms with van der Waals surface area (Å²) >= 11 is 0. The zero-order valence-corrected chi connectivity index (χ0v) is 25.0. The Balaban J connectivity index is 0.000000345. The predicted molar refractivity (Wildman–Crippen MR) is 155 cm³/mol. The molecule has 2 aliphatic rings. The third kappa shape index (κ3) is 8.89. The van der Waals surface area contributed by atoms with Gasteiger partial charge < -0.3 is 35.2 Å². The number of carbonyl (C=O) groups excluding carboxylic acids is 1. The summed E-state index contributed by atoms with van der Waals surface area (Å²) in [6.45, 7) is 8.65. The number of amides is 1. The molecule has 240 valence electrons. The molecule has 0 spiro atoms. The fourth-order valence-electron chi connectivity index (χ4n) is 5.53. The Hall–Kier alpha value is -4.23. The number of fused-ring (bicyclic) bond motifs is 1. The van der Waals surface area contributed by atoms with Crippen LogP contribution in [0.3, 0.4) is 0 Å². The number of nitrogens with one attached hydrogen (secondary N) is 1. The predicted octanol–water partition coefficient (Wildman–Crippen LogP) is 2.93. The largest absolute Gasteiger partial charge is 0.494 e. The van der Waals surface area contributed by atoms with Gasteiger partial charge in [-0.25, -0.2) is 9.18 Å². The van der Waals surface area contributed by atoms with Crippen LogP contribution in [0.1, 0.15) is 63.1 Å². The molecule has 2 aliphatic heterocycles. The van der Waals surface area contributed by atoms with Crippen LogP contribution in [-0.2, 0) is 37.7 Å². The number of carbonyl (C=O) groups is 4. The molecule has 13 heteroatoms. The Morgan fingerprint density at radius 1 is 1.07 bits per heavy atom. The molecule has 0 aliphatic carbocycles. The van der Waals surface area contributed by atoms with Crippen molar-refractivity contribution in [2.24, 2.45) is 0 Å². The van der Waals surface area contributed by atoms with E-state index in [1.807, 2.05) is 6.92 Å². The van der Waals surface area contributed by atoms with Gasteiger partial charge in [-0.2, -0.15) is 0 Å². The van der Waals surface area contributed by atoms with Crippen LogP contribution in [0.4, 0.5) is 4.39 Å². The number of carboxylic acids is 3. The molecular weight excluding hydrogens is 579 g/mol. The van der Waals surface area contributed by atoms with Crippen LogP contribution in [-0.4, -0.2) is 80.5 Å². The van der Waals surface area contributed by atoms with E-state index in [4.69, 9.17) is 29.9 Å². The van der Waals surface area contributed by atoms with Crippen LogP contribution >= 0.6 is 0 Å². The van der Waals surface area contributed by atoms with E-state index in [2.05, 4.69) is 29.3 Å².